The average molecular weight is 275 g/mol. The van der Waals surface area contributed by atoms with E-state index in [1.165, 1.54) is 48.8 Å². The normalized spacial score (nSPS) is 18.1. The number of hydrogen-bond donors (Lipinski definition) is 1. The van der Waals surface area contributed by atoms with Crippen molar-refractivity contribution in [3.05, 3.63) is 34.9 Å². The van der Waals surface area contributed by atoms with Crippen LogP contribution in [0.4, 0.5) is 0 Å². The van der Waals surface area contributed by atoms with Crippen molar-refractivity contribution >= 4 is 0 Å². The Labute approximate surface area is 123 Å². The molecule has 2 heteroatoms. The van der Waals surface area contributed by atoms with Crippen LogP contribution < -0.4 is 5.32 Å². The zero-order chi connectivity index (χ0) is 14.4. The van der Waals surface area contributed by atoms with Crippen LogP contribution in [0.15, 0.2) is 18.2 Å². The molecule has 1 atom stereocenters. The van der Waals surface area contributed by atoms with Gasteiger partial charge in [0.15, 0.2) is 0 Å². The van der Waals surface area contributed by atoms with E-state index in [-0.39, 0.29) is 0 Å². The summed E-state index contributed by atoms with van der Waals surface area (Å²) >= 11 is 0. The lowest BCUT2D eigenvalue weighted by atomic mass is 9.90. The van der Waals surface area contributed by atoms with Gasteiger partial charge in [-0.1, -0.05) is 43.0 Å². The van der Waals surface area contributed by atoms with Crippen LogP contribution in [0, 0.1) is 19.8 Å². The standard InChI is InChI=1S/C18H29NO/c1-14-9-10-17(15(2)11-14)18(19-3)13-20-12-16-7-5-4-6-8-16/h9-11,16,18-19H,4-8,12-13H2,1-3H3. The van der Waals surface area contributed by atoms with Crippen LogP contribution in [0.25, 0.3) is 0 Å². The molecule has 20 heavy (non-hydrogen) atoms. The molecule has 1 aliphatic carbocycles. The van der Waals surface area contributed by atoms with Gasteiger partial charge in [-0.05, 0) is 50.8 Å². The Bertz CT molecular complexity index is 410. The van der Waals surface area contributed by atoms with Crippen molar-refractivity contribution in [3.63, 3.8) is 0 Å². The van der Waals surface area contributed by atoms with E-state index >= 15 is 0 Å². The zero-order valence-electron chi connectivity index (χ0n) is 13.2. The van der Waals surface area contributed by atoms with Crippen molar-refractivity contribution in [2.45, 2.75) is 52.0 Å². The van der Waals surface area contributed by atoms with Crippen molar-refractivity contribution in [1.82, 2.24) is 5.32 Å². The molecule has 2 rings (SSSR count). The molecule has 0 radical (unpaired) electrons. The fraction of sp³-hybridized carbons (Fsp3) is 0.667. The summed E-state index contributed by atoms with van der Waals surface area (Å²) in [6, 6.07) is 6.98. The van der Waals surface area contributed by atoms with Crippen LogP contribution in [0.1, 0.15) is 54.8 Å². The summed E-state index contributed by atoms with van der Waals surface area (Å²) in [6.07, 6.45) is 6.90. The predicted octanol–water partition coefficient (Wildman–Crippen LogP) is 4.16. The number of benzene rings is 1. The van der Waals surface area contributed by atoms with E-state index in [4.69, 9.17) is 4.74 Å². The lowest BCUT2D eigenvalue weighted by molar-refractivity contribution is 0.0706. The van der Waals surface area contributed by atoms with Crippen molar-refractivity contribution in [2.24, 2.45) is 5.92 Å². The molecule has 0 bridgehead atoms. The maximum atomic E-state index is 6.00. The number of ether oxygens (including phenoxy) is 1. The van der Waals surface area contributed by atoms with Gasteiger partial charge in [0.25, 0.3) is 0 Å². The lowest BCUT2D eigenvalue weighted by Crippen LogP contribution is -2.24. The highest BCUT2D eigenvalue weighted by atomic mass is 16.5. The third-order valence-corrected chi connectivity index (χ3v) is 4.51. The van der Waals surface area contributed by atoms with Gasteiger partial charge in [-0.2, -0.15) is 0 Å². The molecule has 0 amide bonds. The molecule has 1 saturated carbocycles. The number of hydrogen-bond acceptors (Lipinski definition) is 2. The van der Waals surface area contributed by atoms with E-state index in [2.05, 4.69) is 37.4 Å². The van der Waals surface area contributed by atoms with Crippen molar-refractivity contribution < 1.29 is 4.74 Å². The van der Waals surface area contributed by atoms with E-state index in [9.17, 15) is 0 Å². The first-order valence-corrected chi connectivity index (χ1v) is 8.03. The number of aryl methyl sites for hydroxylation is 2. The van der Waals surface area contributed by atoms with Crippen LogP contribution in [-0.4, -0.2) is 20.3 Å². The SMILES string of the molecule is CNC(COCC1CCCCC1)c1ccc(C)cc1C. The fourth-order valence-electron chi connectivity index (χ4n) is 3.25. The van der Waals surface area contributed by atoms with Gasteiger partial charge in [0, 0.05) is 6.61 Å². The molecule has 112 valence electrons. The van der Waals surface area contributed by atoms with Crippen LogP contribution in [0.5, 0.6) is 0 Å². The summed E-state index contributed by atoms with van der Waals surface area (Å²) in [4.78, 5) is 0. The molecule has 1 aliphatic rings. The molecule has 0 aliphatic heterocycles. The summed E-state index contributed by atoms with van der Waals surface area (Å²) < 4.78 is 6.00. The summed E-state index contributed by atoms with van der Waals surface area (Å²) in [5.74, 6) is 0.792. The monoisotopic (exact) mass is 275 g/mol. The molecule has 1 aromatic carbocycles. The Kier molecular flexibility index (Phi) is 6.06. The third-order valence-electron chi connectivity index (χ3n) is 4.51. The summed E-state index contributed by atoms with van der Waals surface area (Å²) in [5, 5.41) is 3.39. The van der Waals surface area contributed by atoms with Gasteiger partial charge in [-0.15, -0.1) is 0 Å². The highest BCUT2D eigenvalue weighted by Crippen LogP contribution is 2.24. The third kappa shape index (κ3) is 4.32. The molecular formula is C18H29NO. The smallest absolute Gasteiger partial charge is 0.0661 e. The number of rotatable bonds is 6. The molecule has 2 nitrogen and oxygen atoms in total. The van der Waals surface area contributed by atoms with Crippen molar-refractivity contribution in [1.29, 1.82) is 0 Å². The van der Waals surface area contributed by atoms with Crippen molar-refractivity contribution in [3.8, 4) is 0 Å². The van der Waals surface area contributed by atoms with Gasteiger partial charge >= 0.3 is 0 Å². The maximum Gasteiger partial charge on any atom is 0.0661 e. The second-order valence-corrected chi connectivity index (χ2v) is 6.24. The number of likely N-dealkylation sites (N-methyl/N-ethyl adjacent to an activating group) is 1. The first-order valence-electron chi connectivity index (χ1n) is 8.03. The van der Waals surface area contributed by atoms with Crippen LogP contribution in [-0.2, 0) is 4.74 Å². The molecule has 0 heterocycles. The Morgan fingerprint density at radius 2 is 1.95 bits per heavy atom. The molecule has 1 unspecified atom stereocenters. The molecule has 1 aromatic rings. The minimum absolute atomic E-state index is 0.305. The first-order chi connectivity index (χ1) is 9.70. The Hall–Kier alpha value is -0.860. The second-order valence-electron chi connectivity index (χ2n) is 6.24. The minimum Gasteiger partial charge on any atom is -0.379 e. The largest absolute Gasteiger partial charge is 0.379 e. The molecular weight excluding hydrogens is 246 g/mol. The van der Waals surface area contributed by atoms with E-state index in [0.717, 1.165) is 19.1 Å². The van der Waals surface area contributed by atoms with Gasteiger partial charge in [0.05, 0.1) is 12.6 Å². The summed E-state index contributed by atoms with van der Waals surface area (Å²) in [7, 11) is 2.02. The van der Waals surface area contributed by atoms with Crippen LogP contribution in [0.3, 0.4) is 0 Å². The van der Waals surface area contributed by atoms with Gasteiger partial charge in [-0.25, -0.2) is 0 Å². The van der Waals surface area contributed by atoms with Crippen molar-refractivity contribution in [2.75, 3.05) is 20.3 Å². The maximum absolute atomic E-state index is 6.00. The zero-order valence-corrected chi connectivity index (χ0v) is 13.2. The lowest BCUT2D eigenvalue weighted by Gasteiger charge is -2.24. The molecule has 0 spiro atoms. The highest BCUT2D eigenvalue weighted by Gasteiger charge is 2.16. The fourth-order valence-corrected chi connectivity index (χ4v) is 3.25. The van der Waals surface area contributed by atoms with E-state index in [1.54, 1.807) is 0 Å². The molecule has 0 aromatic heterocycles. The Morgan fingerprint density at radius 3 is 2.60 bits per heavy atom. The van der Waals surface area contributed by atoms with E-state index < -0.39 is 0 Å². The summed E-state index contributed by atoms with van der Waals surface area (Å²) in [5.41, 5.74) is 4.04. The molecule has 0 saturated heterocycles. The van der Waals surface area contributed by atoms with Gasteiger partial charge in [-0.3, -0.25) is 0 Å². The van der Waals surface area contributed by atoms with E-state index in [1.807, 2.05) is 7.05 Å². The average Bonchev–Trinajstić information content (AvgIpc) is 2.46. The van der Waals surface area contributed by atoms with Crippen LogP contribution >= 0.6 is 0 Å². The minimum atomic E-state index is 0.305. The molecule has 1 fully saturated rings. The first kappa shape index (κ1) is 15.5. The van der Waals surface area contributed by atoms with Gasteiger partial charge in [0.2, 0.25) is 0 Å². The molecule has 1 N–H and O–H groups in total. The van der Waals surface area contributed by atoms with Gasteiger partial charge in [0.1, 0.15) is 0 Å². The highest BCUT2D eigenvalue weighted by molar-refractivity contribution is 5.32. The summed E-state index contributed by atoms with van der Waals surface area (Å²) in [6.45, 7) is 6.04. The van der Waals surface area contributed by atoms with E-state index in [0.29, 0.717) is 6.04 Å². The quantitative estimate of drug-likeness (QED) is 0.841. The predicted molar refractivity (Wildman–Crippen MR) is 85.1 cm³/mol. The number of nitrogens with one attached hydrogen (secondary N) is 1. The van der Waals surface area contributed by atoms with Gasteiger partial charge < -0.3 is 10.1 Å². The second kappa shape index (κ2) is 7.80. The topological polar surface area (TPSA) is 21.3 Å². The van der Waals surface area contributed by atoms with Crippen LogP contribution in [0.2, 0.25) is 0 Å². The Morgan fingerprint density at radius 1 is 1.20 bits per heavy atom. The Balaban J connectivity index is 1.85.